The molecule has 0 aliphatic rings. The predicted octanol–water partition coefficient (Wildman–Crippen LogP) is 5.84. The van der Waals surface area contributed by atoms with Gasteiger partial charge in [0, 0.05) is 85.1 Å². The van der Waals surface area contributed by atoms with Crippen molar-refractivity contribution in [1.82, 2.24) is 37.5 Å². The number of hydrogen-bond donors (Lipinski definition) is 0. The van der Waals surface area contributed by atoms with Gasteiger partial charge in [0.15, 0.2) is 0 Å². The number of nitrogens with zero attached hydrogens (tertiary/aromatic N) is 8. The lowest BCUT2D eigenvalue weighted by Crippen LogP contribution is -2.33. The molecule has 8 rings (SSSR count). The summed E-state index contributed by atoms with van der Waals surface area (Å²) in [7, 11) is 7.24. The average molecular weight is 775 g/mol. The second-order valence-electron chi connectivity index (χ2n) is 14.9. The summed E-state index contributed by atoms with van der Waals surface area (Å²) in [6, 6.07) is 37.3. The van der Waals surface area contributed by atoms with E-state index in [-0.39, 0.29) is 22.2 Å². The molecular weight excluding hydrogens is 729 g/mol. The molecule has 0 radical (unpaired) electrons. The highest BCUT2D eigenvalue weighted by Gasteiger charge is 2.44. The molecule has 12 heteroatoms. The molecule has 58 heavy (non-hydrogen) atoms. The van der Waals surface area contributed by atoms with Gasteiger partial charge in [0.05, 0.1) is 22.7 Å². The lowest BCUT2D eigenvalue weighted by atomic mass is 9.73. The van der Waals surface area contributed by atoms with Gasteiger partial charge in [-0.25, -0.2) is 18.7 Å². The van der Waals surface area contributed by atoms with Crippen molar-refractivity contribution in [3.05, 3.63) is 208 Å². The standard InChI is InChI=1S/C46H46N8O4/c1-29-37(43(55)51(47(29)5)33-21-13-9-14-22-33)41(38-30(2)48(6)52(44(38)56)34-23-15-10-16-24-34)42(39-31(3)49(7)53(45(39)57)35-25-17-11-18-26-35)40-32(4)50(8)54(46(40)58)36-27-19-12-20-28-36/h9-28,41-42H,1-8H3. The Kier molecular flexibility index (Phi) is 9.42. The molecule has 12 nitrogen and oxygen atoms in total. The van der Waals surface area contributed by atoms with Gasteiger partial charge in [-0.3, -0.25) is 37.9 Å². The van der Waals surface area contributed by atoms with Gasteiger partial charge in [-0.15, -0.1) is 0 Å². The van der Waals surface area contributed by atoms with Gasteiger partial charge in [-0.1, -0.05) is 72.8 Å². The van der Waals surface area contributed by atoms with Crippen LogP contribution in [0.3, 0.4) is 0 Å². The molecule has 4 heterocycles. The van der Waals surface area contributed by atoms with Crippen molar-refractivity contribution in [3.8, 4) is 22.7 Å². The van der Waals surface area contributed by atoms with Gasteiger partial charge in [0.1, 0.15) is 0 Å². The van der Waals surface area contributed by atoms with E-state index < -0.39 is 11.8 Å². The van der Waals surface area contributed by atoms with Crippen LogP contribution in [0, 0.1) is 27.7 Å². The summed E-state index contributed by atoms with van der Waals surface area (Å²) in [5, 5.41) is 0. The molecule has 0 aliphatic heterocycles. The third-order valence-electron chi connectivity index (χ3n) is 12.0. The zero-order valence-electron chi connectivity index (χ0n) is 33.9. The van der Waals surface area contributed by atoms with Crippen molar-refractivity contribution < 1.29 is 0 Å². The van der Waals surface area contributed by atoms with Crippen molar-refractivity contribution in [2.75, 3.05) is 0 Å². The van der Waals surface area contributed by atoms with E-state index in [0.717, 1.165) is 0 Å². The fourth-order valence-electron chi connectivity index (χ4n) is 8.74. The summed E-state index contributed by atoms with van der Waals surface area (Å²) in [6.07, 6.45) is 0. The molecule has 294 valence electrons. The Bertz CT molecular complexity index is 2640. The molecule has 0 spiro atoms. The third kappa shape index (κ3) is 5.66. The quantitative estimate of drug-likeness (QED) is 0.184. The Balaban J connectivity index is 1.57. The minimum absolute atomic E-state index is 0.310. The topological polar surface area (TPSA) is 108 Å². The second-order valence-corrected chi connectivity index (χ2v) is 14.9. The maximum Gasteiger partial charge on any atom is 0.275 e. The number of hydrogen-bond acceptors (Lipinski definition) is 4. The zero-order chi connectivity index (χ0) is 41.2. The van der Waals surface area contributed by atoms with Crippen LogP contribution in [0.4, 0.5) is 0 Å². The van der Waals surface area contributed by atoms with Crippen LogP contribution in [-0.4, -0.2) is 37.5 Å². The van der Waals surface area contributed by atoms with E-state index >= 15 is 19.2 Å². The van der Waals surface area contributed by atoms with Crippen LogP contribution in [0.1, 0.15) is 56.9 Å². The number of para-hydroxylation sites is 4. The molecule has 0 atom stereocenters. The van der Waals surface area contributed by atoms with Gasteiger partial charge in [-0.05, 0) is 76.2 Å². The first kappa shape index (κ1) is 37.8. The maximum absolute atomic E-state index is 15.4. The van der Waals surface area contributed by atoms with Crippen molar-refractivity contribution in [2.24, 2.45) is 28.2 Å². The molecule has 4 aromatic heterocycles. The average Bonchev–Trinajstić information content (AvgIpc) is 3.78. The summed E-state index contributed by atoms with van der Waals surface area (Å²) in [4.78, 5) is 61.4. The molecule has 8 aromatic rings. The first-order valence-electron chi connectivity index (χ1n) is 19.2. The van der Waals surface area contributed by atoms with Crippen molar-refractivity contribution in [1.29, 1.82) is 0 Å². The first-order valence-corrected chi connectivity index (χ1v) is 19.2. The van der Waals surface area contributed by atoms with E-state index in [0.29, 0.717) is 67.8 Å². The monoisotopic (exact) mass is 774 g/mol. The third-order valence-corrected chi connectivity index (χ3v) is 12.0. The maximum atomic E-state index is 15.4. The van der Waals surface area contributed by atoms with Crippen LogP contribution < -0.4 is 22.2 Å². The van der Waals surface area contributed by atoms with Gasteiger partial charge in [-0.2, -0.15) is 0 Å². The van der Waals surface area contributed by atoms with Crippen LogP contribution in [0.15, 0.2) is 141 Å². The number of aromatic nitrogens is 8. The number of benzene rings is 4. The molecular formula is C46H46N8O4. The summed E-state index contributed by atoms with van der Waals surface area (Å²) < 4.78 is 13.5. The van der Waals surface area contributed by atoms with Crippen LogP contribution in [0.5, 0.6) is 0 Å². The summed E-state index contributed by atoms with van der Waals surface area (Å²) in [5.41, 5.74) is 4.71. The fraction of sp³-hybridized carbons (Fsp3) is 0.217. The Morgan fingerprint density at radius 3 is 0.655 bits per heavy atom. The minimum Gasteiger partial charge on any atom is -0.285 e. The highest BCUT2D eigenvalue weighted by molar-refractivity contribution is 5.51. The molecule has 0 saturated carbocycles. The molecule has 0 bridgehead atoms. The van der Waals surface area contributed by atoms with Crippen molar-refractivity contribution >= 4 is 0 Å². The molecule has 0 amide bonds. The molecule has 0 unspecified atom stereocenters. The van der Waals surface area contributed by atoms with Crippen LogP contribution in [0.2, 0.25) is 0 Å². The first-order chi connectivity index (χ1) is 27.9. The lowest BCUT2D eigenvalue weighted by molar-refractivity contribution is 0.627. The molecule has 0 aliphatic carbocycles. The van der Waals surface area contributed by atoms with Gasteiger partial charge >= 0.3 is 0 Å². The minimum atomic E-state index is -1.11. The molecule has 0 saturated heterocycles. The molecule has 0 fully saturated rings. The van der Waals surface area contributed by atoms with E-state index in [4.69, 9.17) is 0 Å². The zero-order valence-corrected chi connectivity index (χ0v) is 33.9. The fourth-order valence-corrected chi connectivity index (χ4v) is 8.74. The van der Waals surface area contributed by atoms with Crippen LogP contribution >= 0.6 is 0 Å². The largest absolute Gasteiger partial charge is 0.285 e. The van der Waals surface area contributed by atoms with Crippen molar-refractivity contribution in [3.63, 3.8) is 0 Å². The molecule has 0 N–H and O–H groups in total. The molecule has 4 aromatic carbocycles. The summed E-state index contributed by atoms with van der Waals surface area (Å²) in [6.45, 7) is 7.42. The SMILES string of the molecule is Cc1c(C(c2c(C)n(C)n(-c3ccccc3)c2=O)C(c2c(C)n(C)n(-c3ccccc3)c2=O)c2c(C)n(C)n(-c3ccccc3)c2=O)c(=O)n(-c2ccccc2)n1C. The predicted molar refractivity (Wildman–Crippen MR) is 227 cm³/mol. The second kappa shape index (κ2) is 14.5. The van der Waals surface area contributed by atoms with Crippen molar-refractivity contribution in [2.45, 2.75) is 39.5 Å². The Morgan fingerprint density at radius 1 is 0.310 bits per heavy atom. The van der Waals surface area contributed by atoms with Crippen LogP contribution in [-0.2, 0) is 28.2 Å². The van der Waals surface area contributed by atoms with E-state index in [1.807, 2.05) is 177 Å². The Hall–Kier alpha value is -7.08. The van der Waals surface area contributed by atoms with E-state index in [9.17, 15) is 0 Å². The van der Waals surface area contributed by atoms with Crippen LogP contribution in [0.25, 0.3) is 22.7 Å². The van der Waals surface area contributed by atoms with E-state index in [1.54, 1.807) is 37.5 Å². The summed E-state index contributed by atoms with van der Waals surface area (Å²) in [5.74, 6) is -2.22. The van der Waals surface area contributed by atoms with Gasteiger partial charge in [0.25, 0.3) is 22.2 Å². The van der Waals surface area contributed by atoms with Gasteiger partial charge < -0.3 is 0 Å². The normalized spacial score (nSPS) is 11.7. The highest BCUT2D eigenvalue weighted by atomic mass is 16.2. The Morgan fingerprint density at radius 2 is 0.483 bits per heavy atom. The van der Waals surface area contributed by atoms with Gasteiger partial charge in [0.2, 0.25) is 0 Å². The lowest BCUT2D eigenvalue weighted by Gasteiger charge is -2.26. The number of rotatable bonds is 9. The van der Waals surface area contributed by atoms with E-state index in [2.05, 4.69) is 0 Å². The Labute approximate surface area is 334 Å². The summed E-state index contributed by atoms with van der Waals surface area (Å²) >= 11 is 0. The highest BCUT2D eigenvalue weighted by Crippen LogP contribution is 2.44. The van der Waals surface area contributed by atoms with E-state index in [1.165, 1.54) is 0 Å². The smallest absolute Gasteiger partial charge is 0.275 e.